The largest absolute Gasteiger partial charge is 0.497 e. The topological polar surface area (TPSA) is 75.7 Å². The van der Waals surface area contributed by atoms with Gasteiger partial charge in [0.25, 0.3) is 0 Å². The van der Waals surface area contributed by atoms with Crippen LogP contribution in [-0.2, 0) is 14.8 Å². The summed E-state index contributed by atoms with van der Waals surface area (Å²) in [6.45, 7) is 0. The second-order valence-electron chi connectivity index (χ2n) is 7.43. The molecule has 0 aliphatic heterocycles. The number of rotatable bonds is 7. The molecular weight excluding hydrogens is 400 g/mol. The zero-order chi connectivity index (χ0) is 21.6. The Morgan fingerprint density at radius 1 is 1.03 bits per heavy atom. The van der Waals surface area contributed by atoms with Crippen molar-refractivity contribution in [2.24, 2.45) is 0 Å². The van der Waals surface area contributed by atoms with Gasteiger partial charge in [-0.05, 0) is 60.9 Å². The van der Waals surface area contributed by atoms with Crippen molar-refractivity contribution < 1.29 is 17.9 Å². The molecule has 0 heterocycles. The Morgan fingerprint density at radius 2 is 1.67 bits per heavy atom. The van der Waals surface area contributed by atoms with E-state index in [1.165, 1.54) is 28.9 Å². The molecule has 0 aromatic heterocycles. The van der Waals surface area contributed by atoms with Crippen LogP contribution < -0.4 is 10.1 Å². The molecule has 2 aromatic carbocycles. The lowest BCUT2D eigenvalue weighted by atomic mass is 9.96. The maximum Gasteiger partial charge on any atom is 0.248 e. The number of nitrogens with one attached hydrogen (secondary N) is 1. The first-order valence-electron chi connectivity index (χ1n) is 10.1. The van der Waals surface area contributed by atoms with Crippen LogP contribution in [-0.4, -0.2) is 38.8 Å². The van der Waals surface area contributed by atoms with E-state index in [9.17, 15) is 13.2 Å². The third-order valence-corrected chi connectivity index (χ3v) is 7.36. The minimum atomic E-state index is -3.54. The van der Waals surface area contributed by atoms with Gasteiger partial charge < -0.3 is 10.1 Å². The summed E-state index contributed by atoms with van der Waals surface area (Å²) in [5.41, 5.74) is 1.41. The highest BCUT2D eigenvalue weighted by molar-refractivity contribution is 7.89. The minimum Gasteiger partial charge on any atom is -0.497 e. The molecule has 0 unspecified atom stereocenters. The number of carbonyl (C=O) groups is 1. The van der Waals surface area contributed by atoms with Crippen molar-refractivity contribution in [2.45, 2.75) is 43.0 Å². The molecule has 160 valence electrons. The first kappa shape index (κ1) is 22.1. The minimum absolute atomic E-state index is 0.0613. The van der Waals surface area contributed by atoms with Crippen molar-refractivity contribution in [3.05, 3.63) is 60.2 Å². The summed E-state index contributed by atoms with van der Waals surface area (Å²) in [7, 11) is -0.282. The van der Waals surface area contributed by atoms with Crippen LogP contribution in [0.1, 0.15) is 37.7 Å². The molecule has 1 amide bonds. The molecule has 1 aliphatic rings. The fourth-order valence-electron chi connectivity index (χ4n) is 3.59. The van der Waals surface area contributed by atoms with Gasteiger partial charge in [0.15, 0.2) is 0 Å². The van der Waals surface area contributed by atoms with Gasteiger partial charge in [0, 0.05) is 24.9 Å². The van der Waals surface area contributed by atoms with Gasteiger partial charge in [-0.1, -0.05) is 31.4 Å². The van der Waals surface area contributed by atoms with Gasteiger partial charge in [-0.2, -0.15) is 4.31 Å². The molecule has 0 spiro atoms. The molecule has 0 radical (unpaired) electrons. The van der Waals surface area contributed by atoms with Crippen molar-refractivity contribution in [3.63, 3.8) is 0 Å². The maximum atomic E-state index is 12.9. The molecule has 30 heavy (non-hydrogen) atoms. The fraction of sp³-hybridized carbons (Fsp3) is 0.348. The molecule has 7 heteroatoms. The number of hydrogen-bond acceptors (Lipinski definition) is 4. The van der Waals surface area contributed by atoms with Crippen LogP contribution in [0.3, 0.4) is 0 Å². The van der Waals surface area contributed by atoms with Gasteiger partial charge in [-0.15, -0.1) is 0 Å². The molecule has 3 rings (SSSR count). The molecule has 6 nitrogen and oxygen atoms in total. The summed E-state index contributed by atoms with van der Waals surface area (Å²) in [5.74, 6) is 0.460. The predicted octanol–water partition coefficient (Wildman–Crippen LogP) is 4.30. The van der Waals surface area contributed by atoms with Crippen LogP contribution in [0.2, 0.25) is 0 Å². The molecule has 0 atom stereocenters. The molecule has 2 aromatic rings. The average Bonchev–Trinajstić information content (AvgIpc) is 2.78. The van der Waals surface area contributed by atoms with E-state index in [4.69, 9.17) is 4.74 Å². The highest BCUT2D eigenvalue weighted by atomic mass is 32.2. The Kier molecular flexibility index (Phi) is 7.29. The van der Waals surface area contributed by atoms with Crippen LogP contribution in [0.15, 0.2) is 59.5 Å². The second-order valence-corrected chi connectivity index (χ2v) is 9.43. The van der Waals surface area contributed by atoms with Gasteiger partial charge in [0.05, 0.1) is 12.0 Å². The number of anilines is 1. The zero-order valence-corrected chi connectivity index (χ0v) is 18.2. The van der Waals surface area contributed by atoms with Crippen LogP contribution >= 0.6 is 0 Å². The summed E-state index contributed by atoms with van der Waals surface area (Å²) in [6, 6.07) is 13.7. The molecule has 1 aliphatic carbocycles. The molecule has 1 fully saturated rings. The summed E-state index contributed by atoms with van der Waals surface area (Å²) in [4.78, 5) is 12.4. The normalized spacial score (nSPS) is 15.4. The average molecular weight is 429 g/mol. The van der Waals surface area contributed by atoms with Gasteiger partial charge in [-0.3, -0.25) is 4.79 Å². The number of carbonyl (C=O) groups excluding carboxylic acids is 1. The van der Waals surface area contributed by atoms with E-state index in [2.05, 4.69) is 5.32 Å². The monoisotopic (exact) mass is 428 g/mol. The molecule has 0 saturated heterocycles. The van der Waals surface area contributed by atoms with E-state index < -0.39 is 10.0 Å². The first-order chi connectivity index (χ1) is 14.4. The van der Waals surface area contributed by atoms with Gasteiger partial charge in [-0.25, -0.2) is 8.42 Å². The standard InChI is InChI=1S/C23H28N2O4S/c1-25(20-6-4-3-5-7-20)30(27,28)22-15-11-19(12-16-22)24-23(26)17-10-18-8-13-21(29-2)14-9-18/h8-17,20H,3-7H2,1-2H3,(H,24,26)/b17-10+. The third-order valence-electron chi connectivity index (χ3n) is 5.43. The zero-order valence-electron chi connectivity index (χ0n) is 17.4. The van der Waals surface area contributed by atoms with Crippen molar-refractivity contribution in [3.8, 4) is 5.75 Å². The molecular formula is C23H28N2O4S. The van der Waals surface area contributed by atoms with Crippen LogP contribution in [0, 0.1) is 0 Å². The summed E-state index contributed by atoms with van der Waals surface area (Å²) < 4.78 is 32.4. The highest BCUT2D eigenvalue weighted by Gasteiger charge is 2.28. The van der Waals surface area contributed by atoms with E-state index >= 15 is 0 Å². The lowest BCUT2D eigenvalue weighted by molar-refractivity contribution is -0.111. The Bertz CT molecular complexity index is 977. The molecule has 0 bridgehead atoms. The number of methoxy groups -OCH3 is 1. The third kappa shape index (κ3) is 5.49. The first-order valence-corrected chi connectivity index (χ1v) is 11.6. The van der Waals surface area contributed by atoms with Gasteiger partial charge >= 0.3 is 0 Å². The van der Waals surface area contributed by atoms with Crippen molar-refractivity contribution >= 4 is 27.7 Å². The van der Waals surface area contributed by atoms with Gasteiger partial charge in [0.1, 0.15) is 5.75 Å². The lowest BCUT2D eigenvalue weighted by Crippen LogP contribution is -2.38. The van der Waals surface area contributed by atoms with E-state index in [-0.39, 0.29) is 16.8 Å². The van der Waals surface area contributed by atoms with E-state index in [0.29, 0.717) is 5.69 Å². The predicted molar refractivity (Wildman–Crippen MR) is 119 cm³/mol. The number of ether oxygens (including phenoxy) is 1. The highest BCUT2D eigenvalue weighted by Crippen LogP contribution is 2.27. The van der Waals surface area contributed by atoms with E-state index in [1.54, 1.807) is 32.4 Å². The van der Waals surface area contributed by atoms with Crippen LogP contribution in [0.25, 0.3) is 6.08 Å². The van der Waals surface area contributed by atoms with E-state index in [0.717, 1.165) is 37.0 Å². The Hall–Kier alpha value is -2.64. The van der Waals surface area contributed by atoms with Crippen LogP contribution in [0.4, 0.5) is 5.69 Å². The quantitative estimate of drug-likeness (QED) is 0.667. The Labute approximate surface area is 178 Å². The smallest absolute Gasteiger partial charge is 0.248 e. The van der Waals surface area contributed by atoms with E-state index in [1.807, 2.05) is 24.3 Å². The number of hydrogen-bond donors (Lipinski definition) is 1. The maximum absolute atomic E-state index is 12.9. The number of nitrogens with zero attached hydrogens (tertiary/aromatic N) is 1. The summed E-state index contributed by atoms with van der Waals surface area (Å²) >= 11 is 0. The number of amides is 1. The molecule has 1 N–H and O–H groups in total. The van der Waals surface area contributed by atoms with Gasteiger partial charge in [0.2, 0.25) is 15.9 Å². The number of sulfonamides is 1. The Morgan fingerprint density at radius 3 is 2.27 bits per heavy atom. The number of benzene rings is 2. The van der Waals surface area contributed by atoms with Crippen molar-refractivity contribution in [1.29, 1.82) is 0 Å². The molecule has 1 saturated carbocycles. The fourth-order valence-corrected chi connectivity index (χ4v) is 5.00. The SMILES string of the molecule is COc1ccc(/C=C/C(=O)Nc2ccc(S(=O)(=O)N(C)C3CCCCC3)cc2)cc1. The van der Waals surface area contributed by atoms with Crippen molar-refractivity contribution in [1.82, 2.24) is 4.31 Å². The lowest BCUT2D eigenvalue weighted by Gasteiger charge is -2.30. The Balaban J connectivity index is 1.61. The summed E-state index contributed by atoms with van der Waals surface area (Å²) in [6.07, 6.45) is 8.26. The second kappa shape index (κ2) is 9.91. The summed E-state index contributed by atoms with van der Waals surface area (Å²) in [5, 5.41) is 2.75. The van der Waals surface area contributed by atoms with Crippen molar-refractivity contribution in [2.75, 3.05) is 19.5 Å². The van der Waals surface area contributed by atoms with Crippen LogP contribution in [0.5, 0.6) is 5.75 Å².